The monoisotopic (exact) mass is 363 g/mol. The number of hydrogen-bond donors (Lipinski definition) is 2. The number of likely N-dealkylation sites (tertiary alicyclic amines) is 1. The second-order valence-corrected chi connectivity index (χ2v) is 9.00. The fourth-order valence-corrected chi connectivity index (χ4v) is 3.04. The minimum atomic E-state index is -3.31. The maximum Gasteiger partial charge on any atom is 0.408 e. The van der Waals surface area contributed by atoms with Gasteiger partial charge in [-0.05, 0) is 47.0 Å². The molecular weight excluding hydrogens is 334 g/mol. The quantitative estimate of drug-likeness (QED) is 0.753. The Morgan fingerprint density at radius 3 is 2.46 bits per heavy atom. The predicted octanol–water partition coefficient (Wildman–Crippen LogP) is 0.830. The van der Waals surface area contributed by atoms with Gasteiger partial charge in [0, 0.05) is 19.1 Å². The van der Waals surface area contributed by atoms with Crippen molar-refractivity contribution in [1.29, 1.82) is 0 Å². The summed E-state index contributed by atoms with van der Waals surface area (Å²) in [6.07, 6.45) is 2.97. The number of ether oxygens (including phenoxy) is 1. The molecule has 1 fully saturated rings. The van der Waals surface area contributed by atoms with Gasteiger partial charge in [-0.25, -0.2) is 17.9 Å². The van der Waals surface area contributed by atoms with Gasteiger partial charge in [0.1, 0.15) is 11.6 Å². The molecule has 24 heavy (non-hydrogen) atoms. The molecule has 8 nitrogen and oxygen atoms in total. The van der Waals surface area contributed by atoms with Crippen molar-refractivity contribution in [3.05, 3.63) is 0 Å². The van der Waals surface area contributed by atoms with Crippen LogP contribution in [0.1, 0.15) is 47.0 Å². The molecule has 1 rings (SSSR count). The van der Waals surface area contributed by atoms with Gasteiger partial charge in [0.05, 0.1) is 6.26 Å². The molecule has 2 atom stereocenters. The van der Waals surface area contributed by atoms with E-state index in [2.05, 4.69) is 10.0 Å². The predicted molar refractivity (Wildman–Crippen MR) is 91.0 cm³/mol. The van der Waals surface area contributed by atoms with Crippen LogP contribution in [0, 0.1) is 0 Å². The summed E-state index contributed by atoms with van der Waals surface area (Å²) in [5.41, 5.74) is -0.639. The lowest BCUT2D eigenvalue weighted by atomic mass is 10.0. The molecule has 0 aromatic rings. The molecule has 140 valence electrons. The molecule has 0 spiro atoms. The Morgan fingerprint density at radius 1 is 1.29 bits per heavy atom. The molecule has 1 heterocycles. The summed E-state index contributed by atoms with van der Waals surface area (Å²) in [6, 6.07) is -0.942. The van der Waals surface area contributed by atoms with Gasteiger partial charge in [0.25, 0.3) is 0 Å². The lowest BCUT2D eigenvalue weighted by Gasteiger charge is -2.37. The van der Waals surface area contributed by atoms with E-state index in [0.29, 0.717) is 6.54 Å². The first-order valence-corrected chi connectivity index (χ1v) is 10.0. The molecule has 0 radical (unpaired) electrons. The number of alkyl carbamates (subject to hydrolysis) is 1. The molecule has 0 saturated carbocycles. The maximum absolute atomic E-state index is 12.6. The number of nitrogens with zero attached hydrogens (tertiary/aromatic N) is 1. The summed E-state index contributed by atoms with van der Waals surface area (Å²) < 4.78 is 30.2. The van der Waals surface area contributed by atoms with Crippen LogP contribution >= 0.6 is 0 Å². The molecule has 0 bridgehead atoms. The molecule has 9 heteroatoms. The first-order valence-electron chi connectivity index (χ1n) is 8.13. The number of piperidine rings is 1. The van der Waals surface area contributed by atoms with E-state index in [1.54, 1.807) is 32.6 Å². The van der Waals surface area contributed by atoms with Crippen molar-refractivity contribution in [2.24, 2.45) is 0 Å². The normalized spacial score (nSPS) is 20.4. The number of hydrogen-bond acceptors (Lipinski definition) is 5. The molecule has 1 aliphatic rings. The van der Waals surface area contributed by atoms with E-state index in [1.165, 1.54) is 0 Å². The van der Waals surface area contributed by atoms with Crippen LogP contribution in [0.2, 0.25) is 0 Å². The van der Waals surface area contributed by atoms with Crippen molar-refractivity contribution >= 4 is 22.0 Å². The van der Waals surface area contributed by atoms with Gasteiger partial charge in [-0.1, -0.05) is 0 Å². The average Bonchev–Trinajstić information content (AvgIpc) is 2.41. The number of nitrogens with one attached hydrogen (secondary N) is 2. The Bertz CT molecular complexity index is 556. The third-order valence-corrected chi connectivity index (χ3v) is 4.29. The Morgan fingerprint density at radius 2 is 1.92 bits per heavy atom. The van der Waals surface area contributed by atoms with Crippen molar-refractivity contribution < 1.29 is 22.7 Å². The zero-order valence-corrected chi connectivity index (χ0v) is 15.9. The second-order valence-electron chi connectivity index (χ2n) is 7.17. The number of carbonyl (C=O) groups is 2. The Kier molecular flexibility index (Phi) is 7.03. The highest BCUT2D eigenvalue weighted by atomic mass is 32.2. The molecule has 0 aromatic carbocycles. The van der Waals surface area contributed by atoms with Gasteiger partial charge in [-0.15, -0.1) is 0 Å². The lowest BCUT2D eigenvalue weighted by molar-refractivity contribution is -0.136. The van der Waals surface area contributed by atoms with E-state index < -0.39 is 27.8 Å². The third-order valence-electron chi connectivity index (χ3n) is 3.60. The van der Waals surface area contributed by atoms with Crippen LogP contribution in [0.5, 0.6) is 0 Å². The number of amides is 2. The van der Waals surface area contributed by atoms with Crippen molar-refractivity contribution in [2.75, 3.05) is 19.3 Å². The van der Waals surface area contributed by atoms with Crippen LogP contribution < -0.4 is 10.0 Å². The molecule has 2 unspecified atom stereocenters. The standard InChI is InChI=1S/C15H29N3O5S/c1-11(17-14(20)23-15(2,3)4)13(19)18-9-7-6-8-12(18)10-16-24(5,21)22/h11-12,16H,6-10H2,1-5H3,(H,17,20). The summed E-state index contributed by atoms with van der Waals surface area (Å²) >= 11 is 0. The molecule has 0 aliphatic carbocycles. The number of carbonyl (C=O) groups excluding carboxylic acids is 2. The Hall–Kier alpha value is -1.35. The summed E-state index contributed by atoms with van der Waals surface area (Å²) in [5.74, 6) is -0.235. The van der Waals surface area contributed by atoms with E-state index in [9.17, 15) is 18.0 Å². The van der Waals surface area contributed by atoms with Gasteiger partial charge in [0.15, 0.2) is 0 Å². The zero-order valence-electron chi connectivity index (χ0n) is 15.1. The lowest BCUT2D eigenvalue weighted by Crippen LogP contribution is -2.55. The molecule has 2 N–H and O–H groups in total. The molecule has 1 saturated heterocycles. The second kappa shape index (κ2) is 8.15. The van der Waals surface area contributed by atoms with E-state index in [1.807, 2.05) is 0 Å². The van der Waals surface area contributed by atoms with Gasteiger partial charge in [-0.3, -0.25) is 4.79 Å². The van der Waals surface area contributed by atoms with E-state index in [4.69, 9.17) is 4.74 Å². The minimum absolute atomic E-state index is 0.184. The smallest absolute Gasteiger partial charge is 0.408 e. The topological polar surface area (TPSA) is 105 Å². The van der Waals surface area contributed by atoms with Crippen molar-refractivity contribution in [3.8, 4) is 0 Å². The molecular formula is C15H29N3O5S. The average molecular weight is 363 g/mol. The first kappa shape index (κ1) is 20.7. The number of sulfonamides is 1. The van der Waals surface area contributed by atoms with Crippen molar-refractivity contribution in [1.82, 2.24) is 14.9 Å². The SMILES string of the molecule is CC(NC(=O)OC(C)(C)C)C(=O)N1CCCCC1CNS(C)(=O)=O. The largest absolute Gasteiger partial charge is 0.444 e. The Labute approximate surface area is 144 Å². The summed E-state index contributed by atoms with van der Waals surface area (Å²) in [4.78, 5) is 26.1. The zero-order chi connectivity index (χ0) is 18.5. The Balaban J connectivity index is 2.66. The van der Waals surface area contributed by atoms with Crippen LogP contribution in [0.4, 0.5) is 4.79 Å². The summed E-state index contributed by atoms with van der Waals surface area (Å²) in [5, 5.41) is 2.54. The van der Waals surface area contributed by atoms with Gasteiger partial charge in [0.2, 0.25) is 15.9 Å². The highest BCUT2D eigenvalue weighted by Crippen LogP contribution is 2.18. The highest BCUT2D eigenvalue weighted by Gasteiger charge is 2.31. The number of rotatable bonds is 5. The minimum Gasteiger partial charge on any atom is -0.444 e. The van der Waals surface area contributed by atoms with Crippen LogP contribution in [0.25, 0.3) is 0 Å². The fourth-order valence-electron chi connectivity index (χ4n) is 2.55. The van der Waals surface area contributed by atoms with Gasteiger partial charge in [-0.2, -0.15) is 0 Å². The van der Waals surface area contributed by atoms with Crippen molar-refractivity contribution in [2.45, 2.75) is 64.6 Å². The summed E-state index contributed by atoms with van der Waals surface area (Å²) in [6.45, 7) is 7.57. The van der Waals surface area contributed by atoms with Crippen LogP contribution in [0.3, 0.4) is 0 Å². The van der Waals surface area contributed by atoms with Crippen LogP contribution in [0.15, 0.2) is 0 Å². The van der Waals surface area contributed by atoms with Crippen molar-refractivity contribution in [3.63, 3.8) is 0 Å². The first-order chi connectivity index (χ1) is 10.9. The van der Waals surface area contributed by atoms with Crippen LogP contribution in [-0.4, -0.2) is 62.3 Å². The van der Waals surface area contributed by atoms with Gasteiger partial charge >= 0.3 is 6.09 Å². The fraction of sp³-hybridized carbons (Fsp3) is 0.867. The van der Waals surface area contributed by atoms with E-state index >= 15 is 0 Å². The molecule has 1 aliphatic heterocycles. The third kappa shape index (κ3) is 7.48. The maximum atomic E-state index is 12.6. The molecule has 0 aromatic heterocycles. The highest BCUT2D eigenvalue weighted by molar-refractivity contribution is 7.88. The molecule has 2 amide bonds. The van der Waals surface area contributed by atoms with E-state index in [-0.39, 0.29) is 18.5 Å². The van der Waals surface area contributed by atoms with Gasteiger partial charge < -0.3 is 15.0 Å². The summed E-state index contributed by atoms with van der Waals surface area (Å²) in [7, 11) is -3.31. The van der Waals surface area contributed by atoms with Crippen LogP contribution in [-0.2, 0) is 19.6 Å². The van der Waals surface area contributed by atoms with E-state index in [0.717, 1.165) is 25.5 Å².